The number of hydrogen-bond acceptors (Lipinski definition) is 4. The van der Waals surface area contributed by atoms with E-state index >= 15 is 0 Å². The molecule has 2 amide bonds. The van der Waals surface area contributed by atoms with Crippen molar-refractivity contribution in [3.8, 4) is 0 Å². The first-order valence-corrected chi connectivity index (χ1v) is 7.14. The summed E-state index contributed by atoms with van der Waals surface area (Å²) in [6, 6.07) is 0.706. The van der Waals surface area contributed by atoms with Crippen LogP contribution in [-0.4, -0.2) is 28.9 Å². The van der Waals surface area contributed by atoms with E-state index in [2.05, 4.69) is 10.6 Å². The van der Waals surface area contributed by atoms with E-state index in [0.29, 0.717) is 23.4 Å². The van der Waals surface area contributed by atoms with E-state index in [1.54, 1.807) is 19.9 Å². The molecule has 1 heterocycles. The molecule has 0 aromatic carbocycles. The lowest BCUT2D eigenvalue weighted by atomic mass is 10.2. The van der Waals surface area contributed by atoms with Crippen molar-refractivity contribution in [1.82, 2.24) is 5.32 Å². The largest absolute Gasteiger partial charge is 0.480 e. The molecule has 0 radical (unpaired) electrons. The fourth-order valence-electron chi connectivity index (χ4n) is 1.57. The molecular formula is C13H18N2O4S. The maximum absolute atomic E-state index is 12.1. The number of carbonyl (C=O) groups is 3. The van der Waals surface area contributed by atoms with Crippen molar-refractivity contribution >= 4 is 34.1 Å². The van der Waals surface area contributed by atoms with Gasteiger partial charge in [0, 0.05) is 11.3 Å². The quantitative estimate of drug-likeness (QED) is 0.748. The van der Waals surface area contributed by atoms with Crippen LogP contribution in [0.3, 0.4) is 0 Å². The number of carbonyl (C=O) groups excluding carboxylic acids is 2. The fourth-order valence-corrected chi connectivity index (χ4v) is 2.49. The van der Waals surface area contributed by atoms with Gasteiger partial charge in [0.1, 0.15) is 11.0 Å². The van der Waals surface area contributed by atoms with Crippen molar-refractivity contribution in [2.45, 2.75) is 39.7 Å². The third kappa shape index (κ3) is 4.06. The van der Waals surface area contributed by atoms with Gasteiger partial charge < -0.3 is 15.7 Å². The first-order chi connectivity index (χ1) is 9.38. The lowest BCUT2D eigenvalue weighted by Gasteiger charge is -2.12. The van der Waals surface area contributed by atoms with Crippen LogP contribution in [0, 0.1) is 6.92 Å². The third-order valence-corrected chi connectivity index (χ3v) is 3.65. The SMILES string of the molecule is CCC(=O)Nc1sc(C)cc1C(=O)NC(CC)C(=O)O. The Labute approximate surface area is 121 Å². The van der Waals surface area contributed by atoms with Gasteiger partial charge in [0.2, 0.25) is 5.91 Å². The number of thiophene rings is 1. The molecule has 7 heteroatoms. The van der Waals surface area contributed by atoms with Crippen molar-refractivity contribution in [1.29, 1.82) is 0 Å². The molecular weight excluding hydrogens is 280 g/mol. The Morgan fingerprint density at radius 2 is 2.00 bits per heavy atom. The van der Waals surface area contributed by atoms with Gasteiger partial charge >= 0.3 is 5.97 Å². The highest BCUT2D eigenvalue weighted by molar-refractivity contribution is 7.16. The molecule has 1 aromatic rings. The molecule has 3 N–H and O–H groups in total. The van der Waals surface area contributed by atoms with Gasteiger partial charge in [-0.2, -0.15) is 0 Å². The Balaban J connectivity index is 2.92. The van der Waals surface area contributed by atoms with Crippen LogP contribution in [0.2, 0.25) is 0 Å². The van der Waals surface area contributed by atoms with Gasteiger partial charge in [0.15, 0.2) is 0 Å². The summed E-state index contributed by atoms with van der Waals surface area (Å²) in [5, 5.41) is 14.5. The van der Waals surface area contributed by atoms with Crippen LogP contribution in [0.4, 0.5) is 5.00 Å². The second-order valence-corrected chi connectivity index (χ2v) is 5.53. The van der Waals surface area contributed by atoms with Crippen molar-refractivity contribution in [2.75, 3.05) is 5.32 Å². The molecule has 0 saturated carbocycles. The van der Waals surface area contributed by atoms with E-state index in [0.717, 1.165) is 4.88 Å². The van der Waals surface area contributed by atoms with Crippen LogP contribution in [-0.2, 0) is 9.59 Å². The minimum atomic E-state index is -1.08. The summed E-state index contributed by atoms with van der Waals surface area (Å²) < 4.78 is 0. The summed E-state index contributed by atoms with van der Waals surface area (Å²) >= 11 is 1.29. The van der Waals surface area contributed by atoms with Gasteiger partial charge in [-0.3, -0.25) is 9.59 Å². The van der Waals surface area contributed by atoms with E-state index in [9.17, 15) is 14.4 Å². The molecule has 0 aliphatic rings. The van der Waals surface area contributed by atoms with Crippen LogP contribution >= 0.6 is 11.3 Å². The Hall–Kier alpha value is -1.89. The topological polar surface area (TPSA) is 95.5 Å². The van der Waals surface area contributed by atoms with Gasteiger partial charge in [0.25, 0.3) is 5.91 Å². The summed E-state index contributed by atoms with van der Waals surface area (Å²) in [7, 11) is 0. The minimum absolute atomic E-state index is 0.189. The predicted octanol–water partition coefficient (Wildman–Crippen LogP) is 2.00. The van der Waals surface area contributed by atoms with Gasteiger partial charge in [-0.05, 0) is 19.4 Å². The molecule has 20 heavy (non-hydrogen) atoms. The van der Waals surface area contributed by atoms with E-state index in [1.165, 1.54) is 11.3 Å². The Bertz CT molecular complexity index is 524. The van der Waals surface area contributed by atoms with Gasteiger partial charge in [-0.1, -0.05) is 13.8 Å². The molecule has 0 bridgehead atoms. The van der Waals surface area contributed by atoms with Crippen molar-refractivity contribution < 1.29 is 19.5 Å². The highest BCUT2D eigenvalue weighted by Crippen LogP contribution is 2.27. The normalized spacial score (nSPS) is 11.8. The second-order valence-electron chi connectivity index (χ2n) is 4.27. The highest BCUT2D eigenvalue weighted by atomic mass is 32.1. The minimum Gasteiger partial charge on any atom is -0.480 e. The molecule has 0 spiro atoms. The van der Waals surface area contributed by atoms with Crippen LogP contribution in [0.15, 0.2) is 6.07 Å². The Kier molecular flexibility index (Phi) is 5.69. The van der Waals surface area contributed by atoms with E-state index in [4.69, 9.17) is 5.11 Å². The standard InChI is InChI=1S/C13H18N2O4S/c1-4-9(13(18)19)14-11(17)8-6-7(3)20-12(8)15-10(16)5-2/h6,9H,4-5H2,1-3H3,(H,14,17)(H,15,16)(H,18,19). The number of anilines is 1. The Morgan fingerprint density at radius 1 is 1.35 bits per heavy atom. The lowest BCUT2D eigenvalue weighted by molar-refractivity contribution is -0.139. The molecule has 1 rings (SSSR count). The smallest absolute Gasteiger partial charge is 0.326 e. The Morgan fingerprint density at radius 3 is 2.50 bits per heavy atom. The number of rotatable bonds is 6. The summed E-state index contributed by atoms with van der Waals surface area (Å²) in [5.74, 6) is -1.76. The van der Waals surface area contributed by atoms with Crippen LogP contribution in [0.5, 0.6) is 0 Å². The molecule has 1 aromatic heterocycles. The number of carboxylic acid groups (broad SMARTS) is 1. The van der Waals surface area contributed by atoms with Gasteiger partial charge in [-0.25, -0.2) is 4.79 Å². The summed E-state index contributed by atoms with van der Waals surface area (Å²) in [4.78, 5) is 35.3. The van der Waals surface area contributed by atoms with E-state index in [-0.39, 0.29) is 5.91 Å². The lowest BCUT2D eigenvalue weighted by Crippen LogP contribution is -2.40. The summed E-state index contributed by atoms with van der Waals surface area (Å²) in [5.41, 5.74) is 0.300. The zero-order valence-corrected chi connectivity index (χ0v) is 12.5. The van der Waals surface area contributed by atoms with Crippen molar-refractivity contribution in [3.63, 3.8) is 0 Å². The number of hydrogen-bond donors (Lipinski definition) is 3. The fraction of sp³-hybridized carbons (Fsp3) is 0.462. The molecule has 0 saturated heterocycles. The summed E-state index contributed by atoms with van der Waals surface area (Å²) in [6.07, 6.45) is 0.603. The maximum Gasteiger partial charge on any atom is 0.326 e. The maximum atomic E-state index is 12.1. The molecule has 0 aliphatic heterocycles. The number of nitrogens with one attached hydrogen (secondary N) is 2. The molecule has 1 unspecified atom stereocenters. The molecule has 6 nitrogen and oxygen atoms in total. The highest BCUT2D eigenvalue weighted by Gasteiger charge is 2.22. The van der Waals surface area contributed by atoms with Crippen LogP contribution in [0.25, 0.3) is 0 Å². The van der Waals surface area contributed by atoms with Crippen LogP contribution < -0.4 is 10.6 Å². The molecule has 110 valence electrons. The predicted molar refractivity (Wildman–Crippen MR) is 77.2 cm³/mol. The van der Waals surface area contributed by atoms with E-state index in [1.807, 2.05) is 6.92 Å². The number of aryl methyl sites for hydroxylation is 1. The van der Waals surface area contributed by atoms with Crippen molar-refractivity contribution in [3.05, 3.63) is 16.5 Å². The number of amides is 2. The van der Waals surface area contributed by atoms with Crippen LogP contribution in [0.1, 0.15) is 41.9 Å². The zero-order valence-electron chi connectivity index (χ0n) is 11.6. The van der Waals surface area contributed by atoms with Crippen molar-refractivity contribution in [2.24, 2.45) is 0 Å². The van der Waals surface area contributed by atoms with Gasteiger partial charge in [0.05, 0.1) is 5.56 Å². The number of carboxylic acids is 1. The summed E-state index contributed by atoms with van der Waals surface area (Å²) in [6.45, 7) is 5.21. The average Bonchev–Trinajstić information content (AvgIpc) is 2.75. The monoisotopic (exact) mass is 298 g/mol. The second kappa shape index (κ2) is 7.04. The first kappa shape index (κ1) is 16.2. The molecule has 0 aliphatic carbocycles. The van der Waals surface area contributed by atoms with Gasteiger partial charge in [-0.15, -0.1) is 11.3 Å². The third-order valence-electron chi connectivity index (χ3n) is 2.69. The zero-order chi connectivity index (χ0) is 15.3. The molecule has 0 fully saturated rings. The number of aliphatic carboxylic acids is 1. The first-order valence-electron chi connectivity index (χ1n) is 6.32. The average molecular weight is 298 g/mol. The molecule has 1 atom stereocenters. The van der Waals surface area contributed by atoms with E-state index < -0.39 is 17.9 Å².